The summed E-state index contributed by atoms with van der Waals surface area (Å²) in [6.45, 7) is 13.0. The molecule has 0 heterocycles. The maximum atomic E-state index is 5.11. The van der Waals surface area contributed by atoms with E-state index in [-0.39, 0.29) is 27.3 Å². The first-order valence-electron chi connectivity index (χ1n) is 7.79. The monoisotopic (exact) mass is 450 g/mol. The summed E-state index contributed by atoms with van der Waals surface area (Å²) in [5.74, 6) is 0. The van der Waals surface area contributed by atoms with Gasteiger partial charge in [0.1, 0.15) is 0 Å². The van der Waals surface area contributed by atoms with E-state index in [1.807, 2.05) is 24.3 Å². The van der Waals surface area contributed by atoms with E-state index in [2.05, 4.69) is 53.7 Å². The molecule has 0 spiro atoms. The third-order valence-corrected chi connectivity index (χ3v) is 5.27. The predicted molar refractivity (Wildman–Crippen MR) is 113 cm³/mol. The van der Waals surface area contributed by atoms with Crippen LogP contribution in [-0.4, -0.2) is 0 Å². The van der Waals surface area contributed by atoms with Gasteiger partial charge in [-0.05, 0) is 22.0 Å². The minimum absolute atomic E-state index is 0. The van der Waals surface area contributed by atoms with Crippen LogP contribution in [-0.2, 0) is 77.8 Å². The van der Waals surface area contributed by atoms with Crippen molar-refractivity contribution in [1.82, 2.24) is 0 Å². The minimum atomic E-state index is 0. The van der Waals surface area contributed by atoms with E-state index in [9.17, 15) is 0 Å². The Labute approximate surface area is 185 Å². The van der Waals surface area contributed by atoms with Crippen LogP contribution < -0.4 is 0 Å². The SMILES string of the molecule is CC(C)(C)c1ccc([S-])c([S-])c1.CC(C)(C)c1ccc([S-])c([S-])c1.[Ni]. The summed E-state index contributed by atoms with van der Waals surface area (Å²) in [5, 5.41) is 0. The number of hydrogen-bond acceptors (Lipinski definition) is 4. The van der Waals surface area contributed by atoms with Crippen LogP contribution >= 0.6 is 0 Å². The van der Waals surface area contributed by atoms with Gasteiger partial charge in [-0.25, -0.2) is 0 Å². The van der Waals surface area contributed by atoms with Crippen molar-refractivity contribution in [2.45, 2.75) is 72.0 Å². The molecule has 2 rings (SSSR count). The summed E-state index contributed by atoms with van der Waals surface area (Å²) in [4.78, 5) is 3.13. The first-order valence-corrected chi connectivity index (χ1v) is 9.43. The minimum Gasteiger partial charge on any atom is -0.781 e. The molecule has 0 aliphatic heterocycles. The molecule has 0 nitrogen and oxygen atoms in total. The summed E-state index contributed by atoms with van der Waals surface area (Å²) in [6.07, 6.45) is 0. The Morgan fingerprint density at radius 2 is 0.800 bits per heavy atom. The summed E-state index contributed by atoms with van der Waals surface area (Å²) in [5.41, 5.74) is 2.83. The summed E-state index contributed by atoms with van der Waals surface area (Å²) in [7, 11) is 0. The van der Waals surface area contributed by atoms with Crippen LogP contribution in [0.25, 0.3) is 0 Å². The first kappa shape index (κ1) is 24.8. The molecule has 0 aliphatic carbocycles. The molecule has 25 heavy (non-hydrogen) atoms. The van der Waals surface area contributed by atoms with Gasteiger partial charge in [-0.3, -0.25) is 0 Å². The summed E-state index contributed by atoms with van der Waals surface area (Å²) in [6, 6.07) is 11.9. The molecule has 0 N–H and O–H groups in total. The molecule has 0 aromatic heterocycles. The van der Waals surface area contributed by atoms with Crippen molar-refractivity contribution in [2.75, 3.05) is 0 Å². The van der Waals surface area contributed by atoms with Crippen LogP contribution in [0, 0.1) is 0 Å². The second-order valence-corrected chi connectivity index (χ2v) is 9.58. The van der Waals surface area contributed by atoms with E-state index in [1.165, 1.54) is 11.1 Å². The summed E-state index contributed by atoms with van der Waals surface area (Å²) >= 11 is 20.3. The Balaban J connectivity index is 0.000000443. The van der Waals surface area contributed by atoms with Gasteiger partial charge in [0.2, 0.25) is 0 Å². The third kappa shape index (κ3) is 7.92. The van der Waals surface area contributed by atoms with E-state index >= 15 is 0 Å². The Kier molecular flexibility index (Phi) is 9.59. The molecule has 2 aromatic rings. The Morgan fingerprint density at radius 3 is 1.00 bits per heavy atom. The van der Waals surface area contributed by atoms with Crippen molar-refractivity contribution in [3.8, 4) is 0 Å². The van der Waals surface area contributed by atoms with Crippen molar-refractivity contribution < 1.29 is 16.5 Å². The molecule has 2 aromatic carbocycles. The first-order chi connectivity index (χ1) is 10.8. The van der Waals surface area contributed by atoms with Crippen molar-refractivity contribution >= 4 is 50.5 Å². The number of benzene rings is 2. The smallest absolute Gasteiger partial charge is 0 e. The molecular weight excluding hydrogens is 427 g/mol. The topological polar surface area (TPSA) is 0 Å². The summed E-state index contributed by atoms with van der Waals surface area (Å²) < 4.78 is 0. The van der Waals surface area contributed by atoms with Gasteiger partial charge < -0.3 is 50.5 Å². The fourth-order valence-corrected chi connectivity index (χ4v) is 2.59. The van der Waals surface area contributed by atoms with Crippen molar-refractivity contribution in [3.63, 3.8) is 0 Å². The zero-order chi connectivity index (χ0) is 18.7. The van der Waals surface area contributed by atoms with Crippen molar-refractivity contribution in [2.24, 2.45) is 0 Å². The Bertz CT molecular complexity index is 636. The second-order valence-electron chi connectivity index (χ2n) is 7.82. The van der Waals surface area contributed by atoms with E-state index < -0.39 is 0 Å². The van der Waals surface area contributed by atoms with Gasteiger partial charge in [-0.15, -0.1) is 0 Å². The van der Waals surface area contributed by atoms with Crippen LogP contribution in [0.1, 0.15) is 52.7 Å². The van der Waals surface area contributed by atoms with E-state index in [1.54, 1.807) is 0 Å². The molecule has 0 atom stereocenters. The van der Waals surface area contributed by atoms with Gasteiger partial charge in [-0.1, -0.05) is 77.9 Å². The number of hydrogen-bond donors (Lipinski definition) is 0. The van der Waals surface area contributed by atoms with Gasteiger partial charge in [0.05, 0.1) is 0 Å². The molecule has 0 saturated carbocycles. The van der Waals surface area contributed by atoms with Gasteiger partial charge in [0.15, 0.2) is 0 Å². The standard InChI is InChI=1S/2C10H14S2.Ni/c2*1-10(2,3)7-4-5-8(11)9(12)6-7;/h2*4-6,11-12H,1-3H3;/p-4. The third-order valence-electron chi connectivity index (χ3n) is 3.62. The van der Waals surface area contributed by atoms with E-state index in [4.69, 9.17) is 50.5 Å². The quantitative estimate of drug-likeness (QED) is 0.378. The van der Waals surface area contributed by atoms with Crippen molar-refractivity contribution in [3.05, 3.63) is 47.5 Å². The molecule has 0 aliphatic rings. The maximum Gasteiger partial charge on any atom is 0 e. The Hall–Kier alpha value is -0.186. The average molecular weight is 451 g/mol. The molecule has 0 unspecified atom stereocenters. The molecule has 5 heteroatoms. The fraction of sp³-hybridized carbons (Fsp3) is 0.400. The van der Waals surface area contributed by atoms with Gasteiger partial charge in [0, 0.05) is 16.5 Å². The molecule has 0 amide bonds. The Morgan fingerprint density at radius 1 is 0.520 bits per heavy atom. The maximum absolute atomic E-state index is 5.11. The van der Waals surface area contributed by atoms with Crippen LogP contribution in [0.3, 0.4) is 0 Å². The van der Waals surface area contributed by atoms with Crippen LogP contribution in [0.5, 0.6) is 0 Å². The fourth-order valence-electron chi connectivity index (χ4n) is 1.95. The molecule has 0 saturated heterocycles. The second kappa shape index (κ2) is 9.66. The van der Waals surface area contributed by atoms with Gasteiger partial charge in [-0.2, -0.15) is 19.6 Å². The van der Waals surface area contributed by atoms with Gasteiger partial charge in [0.25, 0.3) is 0 Å². The zero-order valence-corrected chi connectivity index (χ0v) is 19.7. The molecule has 0 radical (unpaired) electrons. The predicted octanol–water partition coefficient (Wildman–Crippen LogP) is 5.59. The van der Waals surface area contributed by atoms with Gasteiger partial charge >= 0.3 is 0 Å². The molecule has 0 bridgehead atoms. The number of rotatable bonds is 0. The largest absolute Gasteiger partial charge is 0.781 e. The molecular formula is C20H24NiS4-4. The zero-order valence-electron chi connectivity index (χ0n) is 15.4. The van der Waals surface area contributed by atoms with E-state index in [0.29, 0.717) is 0 Å². The normalized spacial score (nSPS) is 11.1. The molecule has 0 fully saturated rings. The van der Waals surface area contributed by atoms with Crippen molar-refractivity contribution in [1.29, 1.82) is 0 Å². The van der Waals surface area contributed by atoms with Crippen LogP contribution in [0.2, 0.25) is 0 Å². The van der Waals surface area contributed by atoms with Crippen LogP contribution in [0.15, 0.2) is 56.0 Å². The molecule has 142 valence electrons. The van der Waals surface area contributed by atoms with E-state index in [0.717, 1.165) is 19.6 Å². The van der Waals surface area contributed by atoms with Crippen LogP contribution in [0.4, 0.5) is 0 Å². The average Bonchev–Trinajstić information content (AvgIpc) is 2.43.